The van der Waals surface area contributed by atoms with Gasteiger partial charge in [0, 0.05) is 74.8 Å². The molecule has 2 N–H and O–H groups in total. The molecule has 2 saturated heterocycles. The Kier molecular flexibility index (Phi) is 14.7. The second kappa shape index (κ2) is 20.2. The lowest BCUT2D eigenvalue weighted by molar-refractivity contribution is -0.155. The number of esters is 1. The summed E-state index contributed by atoms with van der Waals surface area (Å²) in [4.78, 5) is 77.4. The van der Waals surface area contributed by atoms with E-state index in [-0.39, 0.29) is 43.4 Å². The van der Waals surface area contributed by atoms with E-state index in [0.717, 1.165) is 50.1 Å². The average molecular weight is 900 g/mol. The van der Waals surface area contributed by atoms with E-state index >= 15 is 0 Å². The number of nitrogens with one attached hydrogen (secondary N) is 2. The van der Waals surface area contributed by atoms with Gasteiger partial charge < -0.3 is 29.2 Å². The number of carbonyl (C=O) groups is 5. The van der Waals surface area contributed by atoms with E-state index < -0.39 is 47.2 Å². The minimum Gasteiger partial charge on any atom is -0.464 e. The fourth-order valence-electron chi connectivity index (χ4n) is 9.93. The lowest BCUT2D eigenvalue weighted by Crippen LogP contribution is -2.62. The van der Waals surface area contributed by atoms with E-state index in [1.807, 2.05) is 39.0 Å². The summed E-state index contributed by atoms with van der Waals surface area (Å²) in [6, 6.07) is 15.8. The number of fused-ring (bicyclic) bond motifs is 6. The van der Waals surface area contributed by atoms with Gasteiger partial charge in [-0.25, -0.2) is 5.43 Å². The van der Waals surface area contributed by atoms with Crippen LogP contribution in [0.15, 0.2) is 60.8 Å². The molecule has 7 rings (SSSR count). The number of carbonyl (C=O) groups excluding carboxylic acids is 5. The summed E-state index contributed by atoms with van der Waals surface area (Å²) in [5.41, 5.74) is 10.5. The number of pyridine rings is 1. The third kappa shape index (κ3) is 10.0. The molecule has 66 heavy (non-hydrogen) atoms. The number of ether oxygens (including phenoxy) is 2. The van der Waals surface area contributed by atoms with Crippen molar-refractivity contribution in [2.24, 2.45) is 17.3 Å². The summed E-state index contributed by atoms with van der Waals surface area (Å²) in [5.74, 6) is 2.49. The number of hydrazine groups is 1. The third-order valence-electron chi connectivity index (χ3n) is 13.4. The Bertz CT molecular complexity index is 2550. The van der Waals surface area contributed by atoms with E-state index in [9.17, 15) is 24.0 Å². The van der Waals surface area contributed by atoms with Crippen molar-refractivity contribution in [1.82, 2.24) is 35.1 Å². The van der Waals surface area contributed by atoms with Gasteiger partial charge in [-0.1, -0.05) is 63.9 Å². The Hall–Kier alpha value is -6.04. The molecule has 0 saturated carbocycles. The molecule has 3 aliphatic rings. The van der Waals surface area contributed by atoms with Crippen LogP contribution in [0.5, 0.6) is 0 Å². The zero-order chi connectivity index (χ0) is 47.4. The maximum atomic E-state index is 14.7. The molecular formula is C52H65N7O7. The lowest BCUT2D eigenvalue weighted by atomic mass is 9.84. The molecule has 4 amide bonds. The summed E-state index contributed by atoms with van der Waals surface area (Å²) in [6.07, 6.45) is 3.75. The summed E-state index contributed by atoms with van der Waals surface area (Å²) in [6.45, 7) is 15.5. The van der Waals surface area contributed by atoms with Gasteiger partial charge >= 0.3 is 5.97 Å². The molecule has 0 radical (unpaired) electrons. The fourth-order valence-corrected chi connectivity index (χ4v) is 9.93. The van der Waals surface area contributed by atoms with Gasteiger partial charge in [0.2, 0.25) is 11.8 Å². The van der Waals surface area contributed by atoms with Gasteiger partial charge in [0.05, 0.1) is 30.0 Å². The van der Waals surface area contributed by atoms with Crippen molar-refractivity contribution < 1.29 is 33.4 Å². The Labute approximate surface area is 388 Å². The molecule has 0 aliphatic carbocycles. The summed E-state index contributed by atoms with van der Waals surface area (Å²) >= 11 is 0. The molecule has 5 atom stereocenters. The first-order valence-electron chi connectivity index (χ1n) is 23.3. The minimum absolute atomic E-state index is 0.135. The Morgan fingerprint density at radius 2 is 1.82 bits per heavy atom. The fraction of sp³-hybridized carbons (Fsp3) is 0.500. The van der Waals surface area contributed by atoms with Crippen LogP contribution in [0.3, 0.4) is 0 Å². The van der Waals surface area contributed by atoms with Crippen molar-refractivity contribution in [2.45, 2.75) is 111 Å². The Balaban J connectivity index is 1.28. The number of likely N-dealkylation sites (tertiary alicyclic amines) is 1. The Morgan fingerprint density at radius 1 is 1.05 bits per heavy atom. The van der Waals surface area contributed by atoms with E-state index in [1.165, 1.54) is 9.91 Å². The Morgan fingerprint density at radius 3 is 2.55 bits per heavy atom. The van der Waals surface area contributed by atoms with Crippen LogP contribution < -0.4 is 10.7 Å². The molecule has 4 aromatic rings. The lowest BCUT2D eigenvalue weighted by Gasteiger charge is -2.37. The van der Waals surface area contributed by atoms with Gasteiger partial charge in [-0.2, -0.15) is 0 Å². The number of aromatic nitrogens is 2. The minimum atomic E-state index is -1.05. The number of likely N-dealkylation sites (N-methyl/N-ethyl adjacent to an activating group) is 1. The highest BCUT2D eigenvalue weighted by Crippen LogP contribution is 2.42. The largest absolute Gasteiger partial charge is 0.464 e. The topological polar surface area (TPSA) is 155 Å². The zero-order valence-electron chi connectivity index (χ0n) is 39.9. The number of methoxy groups -OCH3 is 1. The number of benzene rings is 2. The monoisotopic (exact) mass is 899 g/mol. The van der Waals surface area contributed by atoms with E-state index in [0.29, 0.717) is 45.3 Å². The second-order valence-corrected chi connectivity index (χ2v) is 19.1. The van der Waals surface area contributed by atoms with Crippen LogP contribution in [-0.4, -0.2) is 112 Å². The van der Waals surface area contributed by atoms with Crippen molar-refractivity contribution >= 4 is 40.5 Å². The summed E-state index contributed by atoms with van der Waals surface area (Å²) in [7, 11) is 3.30. The number of hydrogen-bond acceptors (Lipinski definition) is 9. The van der Waals surface area contributed by atoms with Crippen LogP contribution in [0.2, 0.25) is 0 Å². The van der Waals surface area contributed by atoms with E-state index in [4.69, 9.17) is 14.5 Å². The first-order chi connectivity index (χ1) is 31.5. The molecule has 0 unspecified atom stereocenters. The van der Waals surface area contributed by atoms with E-state index in [1.54, 1.807) is 32.2 Å². The van der Waals surface area contributed by atoms with Crippen LogP contribution in [0, 0.1) is 29.1 Å². The molecule has 5 heterocycles. The molecule has 2 aromatic carbocycles. The highest BCUT2D eigenvalue weighted by molar-refractivity contribution is 5.97. The van der Waals surface area contributed by atoms with Crippen LogP contribution >= 0.6 is 0 Å². The molecule has 14 nitrogen and oxygen atoms in total. The van der Waals surface area contributed by atoms with Gasteiger partial charge in [-0.05, 0) is 105 Å². The third-order valence-corrected chi connectivity index (χ3v) is 13.4. The maximum Gasteiger partial charge on any atom is 0.324 e. The number of aryl methyl sites for hydroxylation is 1. The normalized spacial score (nSPS) is 20.8. The smallest absolute Gasteiger partial charge is 0.324 e. The van der Waals surface area contributed by atoms with Crippen molar-refractivity contribution in [3.63, 3.8) is 0 Å². The van der Waals surface area contributed by atoms with Crippen molar-refractivity contribution in [1.29, 1.82) is 0 Å². The standard InChI is InChI=1S/C52H65N7O7/c1-10-15-44(60)57-25-22-37(30-57)49(62)56(8)46(32(3)4)48(61)54-42-27-34-16-12-17-35(26-34)36-20-21-43-39(28-36)40(47(58(43)11-2)38-18-13-23-53-45(38)33(5)65-9)29-52(6,7)31-66-51(64)41-19-14-24-59(55-41)50(42)63/h12-13,16-18,20-21,23,26,28,32-33,37,41-42,46,55H,11,14,19,22,24-25,27,29-31H2,1-9H3,(H,54,61)/t33-,37+,41-,42-,46-/m0/s1. The van der Waals surface area contributed by atoms with Gasteiger partial charge in [0.15, 0.2) is 0 Å². The van der Waals surface area contributed by atoms with Crippen LogP contribution in [0.4, 0.5) is 0 Å². The van der Waals surface area contributed by atoms with Gasteiger partial charge in [0.1, 0.15) is 18.1 Å². The number of cyclic esters (lactones) is 1. The maximum absolute atomic E-state index is 14.7. The first kappa shape index (κ1) is 47.9. The van der Waals surface area contributed by atoms with Gasteiger partial charge in [0.25, 0.3) is 11.8 Å². The van der Waals surface area contributed by atoms with Crippen molar-refractivity contribution in [3.8, 4) is 34.2 Å². The van der Waals surface area contributed by atoms with Crippen LogP contribution in [0.1, 0.15) is 90.7 Å². The van der Waals surface area contributed by atoms with Crippen molar-refractivity contribution in [3.05, 3.63) is 77.6 Å². The molecular weight excluding hydrogens is 835 g/mol. The number of rotatable bonds is 9. The molecule has 2 fully saturated rings. The highest BCUT2D eigenvalue weighted by atomic mass is 16.5. The summed E-state index contributed by atoms with van der Waals surface area (Å²) < 4.78 is 14.3. The second-order valence-electron chi connectivity index (χ2n) is 19.1. The molecule has 3 aliphatic heterocycles. The highest BCUT2D eigenvalue weighted by Gasteiger charge is 2.40. The van der Waals surface area contributed by atoms with Gasteiger partial charge in [-0.15, -0.1) is 0 Å². The first-order valence-corrected chi connectivity index (χ1v) is 23.3. The van der Waals surface area contributed by atoms with Crippen LogP contribution in [0.25, 0.3) is 33.3 Å². The molecule has 0 spiro atoms. The molecule has 2 aromatic heterocycles. The predicted octanol–water partition coefficient (Wildman–Crippen LogP) is 6.10. The molecule has 350 valence electrons. The summed E-state index contributed by atoms with van der Waals surface area (Å²) in [5, 5.41) is 5.57. The average Bonchev–Trinajstić information content (AvgIpc) is 3.92. The predicted molar refractivity (Wildman–Crippen MR) is 253 cm³/mol. The molecule has 14 heteroatoms. The van der Waals surface area contributed by atoms with E-state index in [2.05, 4.69) is 84.3 Å². The number of hydrogen-bond donors (Lipinski definition) is 2. The molecule has 6 bridgehead atoms. The number of nitrogens with zero attached hydrogens (tertiary/aromatic N) is 5. The van der Waals surface area contributed by atoms with Crippen molar-refractivity contribution in [2.75, 3.05) is 40.4 Å². The zero-order valence-corrected chi connectivity index (χ0v) is 39.9. The van der Waals surface area contributed by atoms with Crippen LogP contribution in [-0.2, 0) is 52.8 Å². The number of amides is 4. The van der Waals surface area contributed by atoms with Gasteiger partial charge in [-0.3, -0.25) is 34.0 Å². The SMILES string of the molecule is CC#CC(=O)N1CC[C@@H](C(=O)N(C)[C@H](C(=O)N[C@H]2Cc3cccc(c3)-c3ccc4c(c3)c(c(-c3cccnc3[C@H](C)OC)n4CC)CC(C)(C)COC(=O)[C@@H]3CCCN(N3)C2=O)C(C)C)C1. The quantitative estimate of drug-likeness (QED) is 0.150.